The van der Waals surface area contributed by atoms with Crippen LogP contribution in [0.1, 0.15) is 45.4 Å². The molecule has 2 aromatic heterocycles. The largest absolute Gasteiger partial charge is 0.425 e. The van der Waals surface area contributed by atoms with Gasteiger partial charge in [-0.1, -0.05) is 6.92 Å². The number of fused-ring (bicyclic) bond motifs is 1. The van der Waals surface area contributed by atoms with E-state index in [0.29, 0.717) is 29.7 Å². The van der Waals surface area contributed by atoms with Crippen LogP contribution in [0.15, 0.2) is 23.2 Å². The SMILES string of the molecule is CCS(=O)(=O)c1cc(C2(C#N)CC2)cnc1N1Cc2sc(C(F)(F)F)cc2C1=O. The number of aromatic nitrogens is 1. The molecule has 1 aliphatic carbocycles. The van der Waals surface area contributed by atoms with Crippen LogP contribution in [-0.4, -0.2) is 25.1 Å². The Balaban J connectivity index is 1.78. The number of thiophene rings is 1. The second kappa shape index (κ2) is 6.27. The number of hydrogen-bond acceptors (Lipinski definition) is 6. The lowest BCUT2D eigenvalue weighted by molar-refractivity contribution is -0.134. The van der Waals surface area contributed by atoms with E-state index in [9.17, 15) is 31.6 Å². The molecule has 1 amide bonds. The summed E-state index contributed by atoms with van der Waals surface area (Å²) in [5.41, 5.74) is -0.390. The third-order valence-corrected chi connectivity index (χ3v) is 8.08. The van der Waals surface area contributed by atoms with Gasteiger partial charge in [-0.05, 0) is 30.5 Å². The summed E-state index contributed by atoms with van der Waals surface area (Å²) in [6, 6.07) is 4.34. The van der Waals surface area contributed by atoms with Gasteiger partial charge in [-0.25, -0.2) is 13.4 Å². The van der Waals surface area contributed by atoms with Crippen LogP contribution in [0.3, 0.4) is 0 Å². The number of rotatable bonds is 4. The van der Waals surface area contributed by atoms with Gasteiger partial charge in [0.1, 0.15) is 9.77 Å². The van der Waals surface area contributed by atoms with Gasteiger partial charge < -0.3 is 0 Å². The fourth-order valence-electron chi connectivity index (χ4n) is 3.27. The van der Waals surface area contributed by atoms with Crippen LogP contribution in [0.2, 0.25) is 0 Å². The molecule has 0 atom stereocenters. The predicted octanol–water partition coefficient (Wildman–Crippen LogP) is 3.67. The Labute approximate surface area is 168 Å². The molecule has 4 rings (SSSR count). The fraction of sp³-hybridized carbons (Fsp3) is 0.389. The van der Waals surface area contributed by atoms with Gasteiger partial charge in [-0.3, -0.25) is 9.69 Å². The number of alkyl halides is 3. The Kier molecular flexibility index (Phi) is 4.29. The van der Waals surface area contributed by atoms with Crippen molar-refractivity contribution in [2.24, 2.45) is 0 Å². The second-order valence-electron chi connectivity index (χ2n) is 6.98. The van der Waals surface area contributed by atoms with Gasteiger partial charge in [0.25, 0.3) is 5.91 Å². The van der Waals surface area contributed by atoms with Gasteiger partial charge in [0, 0.05) is 11.1 Å². The number of halogens is 3. The zero-order valence-electron chi connectivity index (χ0n) is 15.1. The third kappa shape index (κ3) is 3.11. The lowest BCUT2D eigenvalue weighted by Crippen LogP contribution is -2.27. The molecule has 6 nitrogen and oxygen atoms in total. The summed E-state index contributed by atoms with van der Waals surface area (Å²) in [5.74, 6) is -1.08. The standard InChI is InChI=1S/C18H14F3N3O3S2/c1-2-29(26,27)13-5-10(17(9-22)3-4-17)7-23-15(13)24-8-12-11(16(24)25)6-14(28-12)18(19,20)21/h5-7H,2-4,8H2,1H3. The fourth-order valence-corrected chi connectivity index (χ4v) is 5.34. The molecule has 0 spiro atoms. The van der Waals surface area contributed by atoms with Crippen molar-refractivity contribution in [2.75, 3.05) is 10.7 Å². The van der Waals surface area contributed by atoms with Crippen LogP contribution in [0.25, 0.3) is 0 Å². The summed E-state index contributed by atoms with van der Waals surface area (Å²) in [6.07, 6.45) is -1.99. The van der Waals surface area contributed by atoms with Gasteiger partial charge in [-0.15, -0.1) is 11.3 Å². The van der Waals surface area contributed by atoms with Crippen LogP contribution in [-0.2, 0) is 28.0 Å². The number of hydrogen-bond donors (Lipinski definition) is 0. The maximum absolute atomic E-state index is 12.9. The smallest absolute Gasteiger partial charge is 0.286 e. The molecule has 1 fully saturated rings. The zero-order chi connectivity index (χ0) is 21.2. The molecule has 0 radical (unpaired) electrons. The molecule has 1 aliphatic heterocycles. The van der Waals surface area contributed by atoms with Crippen molar-refractivity contribution in [3.8, 4) is 6.07 Å². The zero-order valence-corrected chi connectivity index (χ0v) is 16.7. The molecule has 2 aliphatic rings. The van der Waals surface area contributed by atoms with E-state index in [1.165, 1.54) is 19.2 Å². The summed E-state index contributed by atoms with van der Waals surface area (Å²) in [5, 5.41) is 9.38. The lowest BCUT2D eigenvalue weighted by Gasteiger charge is -2.20. The van der Waals surface area contributed by atoms with Gasteiger partial charge in [0.05, 0.1) is 29.3 Å². The number of sulfone groups is 1. The Morgan fingerprint density at radius 1 is 1.34 bits per heavy atom. The quantitative estimate of drug-likeness (QED) is 0.722. The maximum Gasteiger partial charge on any atom is 0.425 e. The number of nitriles is 1. The third-order valence-electron chi connectivity index (χ3n) is 5.19. The van der Waals surface area contributed by atoms with Crippen molar-refractivity contribution in [2.45, 2.75) is 42.8 Å². The molecule has 0 N–H and O–H groups in total. The van der Waals surface area contributed by atoms with Gasteiger partial charge in [-0.2, -0.15) is 18.4 Å². The minimum absolute atomic E-state index is 0.0938. The van der Waals surface area contributed by atoms with E-state index < -0.39 is 32.2 Å². The Hall–Kier alpha value is -2.45. The first-order valence-corrected chi connectivity index (χ1v) is 11.2. The Morgan fingerprint density at radius 2 is 2.03 bits per heavy atom. The highest BCUT2D eigenvalue weighted by Crippen LogP contribution is 2.49. The topological polar surface area (TPSA) is 91.1 Å². The average Bonchev–Trinajstić information content (AvgIpc) is 3.26. The minimum atomic E-state index is -4.55. The predicted molar refractivity (Wildman–Crippen MR) is 98.3 cm³/mol. The van der Waals surface area contributed by atoms with E-state index >= 15 is 0 Å². The molecule has 11 heteroatoms. The van der Waals surface area contributed by atoms with Gasteiger partial charge >= 0.3 is 6.18 Å². The normalized spacial score (nSPS) is 17.9. The molecule has 0 aromatic carbocycles. The summed E-state index contributed by atoms with van der Waals surface area (Å²) in [7, 11) is -3.80. The summed E-state index contributed by atoms with van der Waals surface area (Å²) in [4.78, 5) is 17.1. The van der Waals surface area contributed by atoms with Crippen LogP contribution in [0.5, 0.6) is 0 Å². The Bertz CT molecular complexity index is 1180. The van der Waals surface area contributed by atoms with Crippen LogP contribution in [0.4, 0.5) is 19.0 Å². The van der Waals surface area contributed by atoms with Crippen LogP contribution < -0.4 is 4.90 Å². The molecule has 152 valence electrons. The first kappa shape index (κ1) is 19.8. The van der Waals surface area contributed by atoms with Gasteiger partial charge in [0.15, 0.2) is 15.7 Å². The molecule has 29 heavy (non-hydrogen) atoms. The monoisotopic (exact) mass is 441 g/mol. The summed E-state index contributed by atoms with van der Waals surface area (Å²) in [6.45, 7) is 1.26. The number of anilines is 1. The molecular formula is C18H14F3N3O3S2. The second-order valence-corrected chi connectivity index (χ2v) is 10.4. The van der Waals surface area contributed by atoms with Crippen molar-refractivity contribution in [1.29, 1.82) is 5.26 Å². The number of amides is 1. The molecule has 0 bridgehead atoms. The molecule has 2 aromatic rings. The highest BCUT2D eigenvalue weighted by atomic mass is 32.2. The molecule has 0 saturated heterocycles. The molecular weight excluding hydrogens is 427 g/mol. The van der Waals surface area contributed by atoms with Gasteiger partial charge in [0.2, 0.25) is 0 Å². The first-order chi connectivity index (χ1) is 13.5. The van der Waals surface area contributed by atoms with Crippen LogP contribution in [0, 0.1) is 11.3 Å². The van der Waals surface area contributed by atoms with E-state index in [0.717, 1.165) is 11.0 Å². The van der Waals surface area contributed by atoms with E-state index in [-0.39, 0.29) is 33.5 Å². The van der Waals surface area contributed by atoms with Crippen molar-refractivity contribution >= 4 is 32.9 Å². The molecule has 1 saturated carbocycles. The average molecular weight is 441 g/mol. The van der Waals surface area contributed by atoms with Crippen molar-refractivity contribution in [3.63, 3.8) is 0 Å². The summed E-state index contributed by atoms with van der Waals surface area (Å²) >= 11 is 0.463. The van der Waals surface area contributed by atoms with E-state index in [2.05, 4.69) is 11.1 Å². The minimum Gasteiger partial charge on any atom is -0.286 e. The molecule has 3 heterocycles. The maximum atomic E-state index is 12.9. The number of pyridine rings is 1. The van der Waals surface area contributed by atoms with Crippen LogP contribution >= 0.6 is 11.3 Å². The Morgan fingerprint density at radius 3 is 2.55 bits per heavy atom. The number of carbonyl (C=O) groups is 1. The first-order valence-electron chi connectivity index (χ1n) is 8.69. The van der Waals surface area contributed by atoms with E-state index in [4.69, 9.17) is 0 Å². The van der Waals surface area contributed by atoms with E-state index in [1.54, 1.807) is 0 Å². The lowest BCUT2D eigenvalue weighted by atomic mass is 10.00. The molecule has 0 unspecified atom stereocenters. The number of nitrogens with zero attached hydrogens (tertiary/aromatic N) is 3. The van der Waals surface area contributed by atoms with E-state index in [1.807, 2.05) is 0 Å². The highest BCUT2D eigenvalue weighted by Gasteiger charge is 2.46. The highest BCUT2D eigenvalue weighted by molar-refractivity contribution is 7.91. The summed E-state index contributed by atoms with van der Waals surface area (Å²) < 4.78 is 64.1. The van der Waals surface area contributed by atoms with Crippen molar-refractivity contribution in [3.05, 3.63) is 39.2 Å². The van der Waals surface area contributed by atoms with Crippen molar-refractivity contribution < 1.29 is 26.4 Å². The number of carbonyl (C=O) groups excluding carboxylic acids is 1. The van der Waals surface area contributed by atoms with Crippen molar-refractivity contribution in [1.82, 2.24) is 4.98 Å².